The number of para-hydroxylation sites is 1. The van der Waals surface area contributed by atoms with E-state index < -0.39 is 0 Å². The van der Waals surface area contributed by atoms with Crippen molar-refractivity contribution in [1.82, 2.24) is 15.0 Å². The Kier molecular flexibility index (Phi) is 5.54. The third-order valence-corrected chi connectivity index (χ3v) is 9.26. The molecule has 0 fully saturated rings. The van der Waals surface area contributed by atoms with Crippen LogP contribution in [0.5, 0.6) is 0 Å². The van der Waals surface area contributed by atoms with E-state index in [2.05, 4.69) is 109 Å². The molecule has 10 aromatic rings. The first-order chi connectivity index (χ1) is 23.3. The van der Waals surface area contributed by atoms with Crippen molar-refractivity contribution in [2.45, 2.75) is 0 Å². The molecule has 4 nitrogen and oxygen atoms in total. The van der Waals surface area contributed by atoms with Gasteiger partial charge in [-0.1, -0.05) is 133 Å². The van der Waals surface area contributed by atoms with E-state index in [0.29, 0.717) is 17.5 Å². The minimum atomic E-state index is 0.644. The van der Waals surface area contributed by atoms with Crippen molar-refractivity contribution in [2.75, 3.05) is 0 Å². The Hall–Kier alpha value is -6.39. The van der Waals surface area contributed by atoms with Crippen LogP contribution in [0.15, 0.2) is 156 Å². The summed E-state index contributed by atoms with van der Waals surface area (Å²) < 4.78 is 6.46. The Morgan fingerprint density at radius 3 is 1.72 bits per heavy atom. The largest absolute Gasteiger partial charge is 0.455 e. The van der Waals surface area contributed by atoms with Crippen LogP contribution >= 0.6 is 0 Å². The first-order valence-corrected chi connectivity index (χ1v) is 15.8. The highest BCUT2D eigenvalue weighted by Crippen LogP contribution is 2.43. The SMILES string of the molecule is c1ccc(-c2nc(-c3ccc4ccccc4c3)nc(-c3ccc4c(ccc5c4c4ccccc4c4oc6ccccc6c54)c3)n2)cc1. The van der Waals surface area contributed by atoms with Crippen molar-refractivity contribution in [1.29, 1.82) is 0 Å². The van der Waals surface area contributed by atoms with E-state index in [-0.39, 0.29) is 0 Å². The second-order valence-corrected chi connectivity index (χ2v) is 12.0. The van der Waals surface area contributed by atoms with E-state index in [1.807, 2.05) is 42.5 Å². The van der Waals surface area contributed by atoms with Crippen LogP contribution in [0.3, 0.4) is 0 Å². The molecule has 0 amide bonds. The number of furan rings is 1. The highest BCUT2D eigenvalue weighted by atomic mass is 16.3. The highest BCUT2D eigenvalue weighted by molar-refractivity contribution is 6.34. The second-order valence-electron chi connectivity index (χ2n) is 12.0. The summed E-state index contributed by atoms with van der Waals surface area (Å²) in [4.78, 5) is 15.0. The van der Waals surface area contributed by atoms with Gasteiger partial charge < -0.3 is 4.42 Å². The number of fused-ring (bicyclic) bond motifs is 11. The zero-order chi connectivity index (χ0) is 30.9. The zero-order valence-corrected chi connectivity index (χ0v) is 25.2. The van der Waals surface area contributed by atoms with E-state index in [4.69, 9.17) is 19.4 Å². The van der Waals surface area contributed by atoms with E-state index >= 15 is 0 Å². The van der Waals surface area contributed by atoms with Crippen molar-refractivity contribution in [2.24, 2.45) is 0 Å². The molecule has 8 aromatic carbocycles. The van der Waals surface area contributed by atoms with Crippen LogP contribution < -0.4 is 0 Å². The fourth-order valence-corrected chi connectivity index (χ4v) is 7.05. The van der Waals surface area contributed by atoms with Gasteiger partial charge in [-0.15, -0.1) is 0 Å². The molecule has 0 aliphatic heterocycles. The van der Waals surface area contributed by atoms with Gasteiger partial charge in [-0.3, -0.25) is 0 Å². The van der Waals surface area contributed by atoms with Crippen molar-refractivity contribution in [3.05, 3.63) is 152 Å². The normalized spacial score (nSPS) is 11.8. The molecule has 4 heteroatoms. The Morgan fingerprint density at radius 1 is 0.340 bits per heavy atom. The predicted octanol–water partition coefficient (Wildman–Crippen LogP) is 11.4. The van der Waals surface area contributed by atoms with Crippen LogP contribution in [0.4, 0.5) is 0 Å². The van der Waals surface area contributed by atoms with Crippen molar-refractivity contribution in [3.8, 4) is 34.2 Å². The van der Waals surface area contributed by atoms with Crippen molar-refractivity contribution in [3.63, 3.8) is 0 Å². The van der Waals surface area contributed by atoms with Crippen LogP contribution in [0.2, 0.25) is 0 Å². The molecule has 0 unspecified atom stereocenters. The molecule has 0 atom stereocenters. The molecular formula is C43H25N3O. The third kappa shape index (κ3) is 4.05. The third-order valence-electron chi connectivity index (χ3n) is 9.26. The second kappa shape index (κ2) is 10.1. The Balaban J connectivity index is 1.21. The van der Waals surface area contributed by atoms with Crippen LogP contribution in [0.1, 0.15) is 0 Å². The molecule has 0 N–H and O–H groups in total. The van der Waals surface area contributed by atoms with Gasteiger partial charge in [0, 0.05) is 32.8 Å². The van der Waals surface area contributed by atoms with Crippen LogP contribution in [0.25, 0.3) is 99.2 Å². The average Bonchev–Trinajstić information content (AvgIpc) is 3.54. The first kappa shape index (κ1) is 25.9. The fraction of sp³-hybridized carbons (Fsp3) is 0. The number of hydrogen-bond acceptors (Lipinski definition) is 4. The number of hydrogen-bond donors (Lipinski definition) is 0. The molecule has 0 saturated heterocycles. The summed E-state index contributed by atoms with van der Waals surface area (Å²) in [6, 6.07) is 52.7. The van der Waals surface area contributed by atoms with Gasteiger partial charge in [-0.25, -0.2) is 15.0 Å². The molecular weight excluding hydrogens is 574 g/mol. The molecule has 0 spiro atoms. The lowest BCUT2D eigenvalue weighted by Crippen LogP contribution is -2.00. The van der Waals surface area contributed by atoms with Crippen molar-refractivity contribution < 1.29 is 4.42 Å². The standard InChI is InChI=1S/C43H25N3O/c1-2-11-27(12-3-1)41-44-42(30-19-18-26-10-4-5-13-28(26)24-30)46-43(45-41)31-21-22-32-29(25-31)20-23-36-38(32)33-14-6-7-15-34(33)40-39(36)35-16-8-9-17-37(35)47-40/h1-25H. The lowest BCUT2D eigenvalue weighted by Gasteiger charge is -2.12. The van der Waals surface area contributed by atoms with Crippen LogP contribution in [-0.4, -0.2) is 15.0 Å². The predicted molar refractivity (Wildman–Crippen MR) is 193 cm³/mol. The zero-order valence-electron chi connectivity index (χ0n) is 25.2. The summed E-state index contributed by atoms with van der Waals surface area (Å²) in [5.41, 5.74) is 4.69. The Morgan fingerprint density at radius 2 is 0.915 bits per heavy atom. The summed E-state index contributed by atoms with van der Waals surface area (Å²) in [6.45, 7) is 0. The molecule has 47 heavy (non-hydrogen) atoms. The summed E-state index contributed by atoms with van der Waals surface area (Å²) in [7, 11) is 0. The summed E-state index contributed by atoms with van der Waals surface area (Å²) in [5, 5.41) is 11.6. The smallest absolute Gasteiger partial charge is 0.164 e. The monoisotopic (exact) mass is 599 g/mol. The average molecular weight is 600 g/mol. The topological polar surface area (TPSA) is 51.8 Å². The molecule has 0 aliphatic carbocycles. The molecule has 2 aromatic heterocycles. The van der Waals surface area contributed by atoms with Gasteiger partial charge in [0.2, 0.25) is 0 Å². The minimum Gasteiger partial charge on any atom is -0.455 e. The van der Waals surface area contributed by atoms with Crippen LogP contribution in [-0.2, 0) is 0 Å². The van der Waals surface area contributed by atoms with Gasteiger partial charge in [-0.2, -0.15) is 0 Å². The molecule has 2 heterocycles. The van der Waals surface area contributed by atoms with E-state index in [1.54, 1.807) is 0 Å². The number of benzene rings is 8. The number of nitrogens with zero attached hydrogens (tertiary/aromatic N) is 3. The lowest BCUT2D eigenvalue weighted by molar-refractivity contribution is 0.673. The molecule has 0 aliphatic rings. The highest BCUT2D eigenvalue weighted by Gasteiger charge is 2.18. The number of aromatic nitrogens is 3. The fourth-order valence-electron chi connectivity index (χ4n) is 7.05. The Bertz CT molecular complexity index is 2850. The summed E-state index contributed by atoms with van der Waals surface area (Å²) >= 11 is 0. The van der Waals surface area contributed by atoms with Gasteiger partial charge in [-0.05, 0) is 55.9 Å². The summed E-state index contributed by atoms with van der Waals surface area (Å²) in [6.07, 6.45) is 0. The van der Waals surface area contributed by atoms with E-state index in [0.717, 1.165) is 54.8 Å². The van der Waals surface area contributed by atoms with Gasteiger partial charge >= 0.3 is 0 Å². The van der Waals surface area contributed by atoms with Gasteiger partial charge in [0.1, 0.15) is 11.2 Å². The molecule has 0 bridgehead atoms. The minimum absolute atomic E-state index is 0.644. The van der Waals surface area contributed by atoms with E-state index in [1.165, 1.54) is 26.9 Å². The van der Waals surface area contributed by atoms with Crippen LogP contribution in [0, 0.1) is 0 Å². The quantitative estimate of drug-likeness (QED) is 0.190. The van der Waals surface area contributed by atoms with Gasteiger partial charge in [0.15, 0.2) is 17.5 Å². The maximum atomic E-state index is 6.46. The first-order valence-electron chi connectivity index (χ1n) is 15.8. The molecule has 0 radical (unpaired) electrons. The molecule has 0 saturated carbocycles. The van der Waals surface area contributed by atoms with Gasteiger partial charge in [0.05, 0.1) is 0 Å². The molecule has 10 rings (SSSR count). The lowest BCUT2D eigenvalue weighted by atomic mass is 9.92. The van der Waals surface area contributed by atoms with Gasteiger partial charge in [0.25, 0.3) is 0 Å². The Labute approximate surface area is 269 Å². The van der Waals surface area contributed by atoms with E-state index in [9.17, 15) is 0 Å². The summed E-state index contributed by atoms with van der Waals surface area (Å²) in [5.74, 6) is 1.95. The number of rotatable bonds is 3. The van der Waals surface area contributed by atoms with Crippen molar-refractivity contribution >= 4 is 65.0 Å². The maximum Gasteiger partial charge on any atom is 0.164 e. The maximum absolute atomic E-state index is 6.46. The molecule has 218 valence electrons.